The summed E-state index contributed by atoms with van der Waals surface area (Å²) in [6.07, 6.45) is -2.65. The molecule has 4 rings (SSSR count). The normalized spacial score (nSPS) is 16.8. The maximum absolute atomic E-state index is 12.4. The Morgan fingerprint density at radius 2 is 2.16 bits per heavy atom. The second kappa shape index (κ2) is 5.52. The third-order valence-electron chi connectivity index (χ3n) is 3.83. The summed E-state index contributed by atoms with van der Waals surface area (Å²) in [4.78, 5) is 4.30. The van der Waals surface area contributed by atoms with E-state index in [2.05, 4.69) is 14.8 Å². The van der Waals surface area contributed by atoms with E-state index in [9.17, 15) is 13.2 Å². The van der Waals surface area contributed by atoms with Gasteiger partial charge in [0.2, 0.25) is 0 Å². The number of rotatable bonds is 2. The lowest BCUT2D eigenvalue weighted by Gasteiger charge is -2.10. The summed E-state index contributed by atoms with van der Waals surface area (Å²) in [5.41, 5.74) is 2.20. The average molecular weight is 370 g/mol. The van der Waals surface area contributed by atoms with Crippen molar-refractivity contribution in [2.75, 3.05) is 0 Å². The van der Waals surface area contributed by atoms with Crippen molar-refractivity contribution in [2.24, 2.45) is 0 Å². The SMILES string of the molecule is CC1Cc2c(Cl)nn3c(-c4cccc(OC(F)(F)F)c4)cnc3c2O1. The molecule has 0 fully saturated rings. The van der Waals surface area contributed by atoms with Gasteiger partial charge in [-0.1, -0.05) is 23.7 Å². The Morgan fingerprint density at radius 1 is 1.36 bits per heavy atom. The van der Waals surface area contributed by atoms with Crippen LogP contribution in [-0.2, 0) is 6.42 Å². The van der Waals surface area contributed by atoms with Crippen LogP contribution in [-0.4, -0.2) is 27.1 Å². The van der Waals surface area contributed by atoms with Crippen molar-refractivity contribution in [3.63, 3.8) is 0 Å². The van der Waals surface area contributed by atoms with Gasteiger partial charge in [-0.15, -0.1) is 13.2 Å². The smallest absolute Gasteiger partial charge is 0.486 e. The van der Waals surface area contributed by atoms with Crippen molar-refractivity contribution < 1.29 is 22.6 Å². The number of fused-ring (bicyclic) bond motifs is 3. The van der Waals surface area contributed by atoms with Gasteiger partial charge in [-0.05, 0) is 19.1 Å². The molecule has 1 aliphatic rings. The molecule has 1 atom stereocenters. The molecule has 0 saturated carbocycles. The van der Waals surface area contributed by atoms with Crippen molar-refractivity contribution >= 4 is 17.2 Å². The Kier molecular flexibility index (Phi) is 3.54. The van der Waals surface area contributed by atoms with E-state index in [1.54, 1.807) is 6.07 Å². The van der Waals surface area contributed by atoms with Crippen LogP contribution in [0.3, 0.4) is 0 Å². The Hall–Kier alpha value is -2.48. The quantitative estimate of drug-likeness (QED) is 0.677. The first kappa shape index (κ1) is 16.0. The van der Waals surface area contributed by atoms with Crippen LogP contribution in [0.25, 0.3) is 16.9 Å². The van der Waals surface area contributed by atoms with E-state index >= 15 is 0 Å². The van der Waals surface area contributed by atoms with Crippen molar-refractivity contribution in [3.8, 4) is 22.8 Å². The number of imidazole rings is 1. The number of alkyl halides is 3. The first-order chi connectivity index (χ1) is 11.8. The van der Waals surface area contributed by atoms with Crippen LogP contribution in [0.2, 0.25) is 5.15 Å². The first-order valence-electron chi connectivity index (χ1n) is 7.41. The van der Waals surface area contributed by atoms with Crippen LogP contribution in [0.5, 0.6) is 11.5 Å². The minimum atomic E-state index is -4.76. The zero-order valence-electron chi connectivity index (χ0n) is 12.8. The summed E-state index contributed by atoms with van der Waals surface area (Å²) >= 11 is 6.24. The summed E-state index contributed by atoms with van der Waals surface area (Å²) in [6, 6.07) is 5.59. The highest BCUT2D eigenvalue weighted by Gasteiger charge is 2.31. The fourth-order valence-corrected chi connectivity index (χ4v) is 3.10. The standard InChI is InChI=1S/C16H11ClF3N3O2/c1-8-5-11-13(24-8)15-21-7-12(23(15)22-14(11)17)9-3-2-4-10(6-9)25-16(18,19)20/h2-4,6-8H,5H2,1H3. The molecular formula is C16H11ClF3N3O2. The molecule has 0 radical (unpaired) electrons. The molecule has 2 aromatic heterocycles. The minimum Gasteiger partial charge on any atom is -0.486 e. The summed E-state index contributed by atoms with van der Waals surface area (Å²) < 4.78 is 48.5. The molecule has 0 bridgehead atoms. The van der Waals surface area contributed by atoms with Gasteiger partial charge < -0.3 is 9.47 Å². The molecule has 0 N–H and O–H groups in total. The van der Waals surface area contributed by atoms with Gasteiger partial charge in [-0.25, -0.2) is 9.50 Å². The number of ether oxygens (including phenoxy) is 2. The van der Waals surface area contributed by atoms with Gasteiger partial charge in [0, 0.05) is 17.5 Å². The van der Waals surface area contributed by atoms with E-state index in [0.29, 0.717) is 29.1 Å². The Balaban J connectivity index is 1.82. The molecule has 130 valence electrons. The molecule has 5 nitrogen and oxygen atoms in total. The molecule has 0 aliphatic carbocycles. The Labute approximate surface area is 144 Å². The molecule has 1 unspecified atom stereocenters. The number of hydrogen-bond donors (Lipinski definition) is 0. The summed E-state index contributed by atoms with van der Waals surface area (Å²) in [5.74, 6) is 0.235. The predicted molar refractivity (Wildman–Crippen MR) is 83.9 cm³/mol. The molecule has 1 aromatic carbocycles. The highest BCUT2D eigenvalue weighted by Crippen LogP contribution is 2.38. The van der Waals surface area contributed by atoms with Gasteiger partial charge in [0.25, 0.3) is 0 Å². The molecule has 9 heteroatoms. The third kappa shape index (κ3) is 2.86. The van der Waals surface area contributed by atoms with Crippen LogP contribution in [0, 0.1) is 0 Å². The van der Waals surface area contributed by atoms with Crippen molar-refractivity contribution in [3.05, 3.63) is 41.2 Å². The van der Waals surface area contributed by atoms with Gasteiger partial charge >= 0.3 is 6.36 Å². The highest BCUT2D eigenvalue weighted by atomic mass is 35.5. The van der Waals surface area contributed by atoms with E-state index in [4.69, 9.17) is 16.3 Å². The van der Waals surface area contributed by atoms with E-state index < -0.39 is 6.36 Å². The summed E-state index contributed by atoms with van der Waals surface area (Å²) in [7, 11) is 0. The Bertz CT molecular complexity index is 971. The second-order valence-corrected chi connectivity index (χ2v) is 6.04. The first-order valence-corrected chi connectivity index (χ1v) is 7.78. The molecule has 0 amide bonds. The highest BCUT2D eigenvalue weighted by molar-refractivity contribution is 6.30. The number of hydrogen-bond acceptors (Lipinski definition) is 4. The van der Waals surface area contributed by atoms with E-state index in [0.717, 1.165) is 5.56 Å². The molecule has 0 saturated heterocycles. The average Bonchev–Trinajstić information content (AvgIpc) is 3.09. The molecule has 1 aliphatic heterocycles. The lowest BCUT2D eigenvalue weighted by Crippen LogP contribution is -2.17. The second-order valence-electron chi connectivity index (χ2n) is 5.69. The van der Waals surface area contributed by atoms with Crippen molar-refractivity contribution in [2.45, 2.75) is 25.8 Å². The Morgan fingerprint density at radius 3 is 2.92 bits per heavy atom. The number of benzene rings is 1. The predicted octanol–water partition coefficient (Wildman–Crippen LogP) is 4.27. The van der Waals surface area contributed by atoms with Gasteiger partial charge in [-0.2, -0.15) is 5.10 Å². The van der Waals surface area contributed by atoms with Crippen LogP contribution in [0.1, 0.15) is 12.5 Å². The fourth-order valence-electron chi connectivity index (χ4n) is 2.86. The lowest BCUT2D eigenvalue weighted by molar-refractivity contribution is -0.274. The molecular weight excluding hydrogens is 359 g/mol. The number of nitrogens with zero attached hydrogens (tertiary/aromatic N) is 3. The number of aromatic nitrogens is 3. The monoisotopic (exact) mass is 369 g/mol. The maximum Gasteiger partial charge on any atom is 0.573 e. The maximum atomic E-state index is 12.4. The van der Waals surface area contributed by atoms with Crippen molar-refractivity contribution in [1.29, 1.82) is 0 Å². The molecule has 0 spiro atoms. The fraction of sp³-hybridized carbons (Fsp3) is 0.250. The number of halogens is 4. The summed E-state index contributed by atoms with van der Waals surface area (Å²) in [5, 5.41) is 4.58. The largest absolute Gasteiger partial charge is 0.573 e. The molecule has 3 aromatic rings. The van der Waals surface area contributed by atoms with E-state index in [1.165, 1.54) is 28.9 Å². The van der Waals surface area contributed by atoms with Gasteiger partial charge in [0.1, 0.15) is 11.9 Å². The van der Waals surface area contributed by atoms with E-state index in [1.807, 2.05) is 6.92 Å². The topological polar surface area (TPSA) is 48.7 Å². The van der Waals surface area contributed by atoms with E-state index in [-0.39, 0.29) is 17.0 Å². The van der Waals surface area contributed by atoms with Crippen LogP contribution < -0.4 is 9.47 Å². The summed E-state index contributed by atoms with van der Waals surface area (Å²) in [6.45, 7) is 1.91. The molecule has 3 heterocycles. The van der Waals surface area contributed by atoms with Gasteiger partial charge in [-0.3, -0.25) is 0 Å². The van der Waals surface area contributed by atoms with Crippen LogP contribution >= 0.6 is 11.6 Å². The van der Waals surface area contributed by atoms with Crippen molar-refractivity contribution in [1.82, 2.24) is 14.6 Å². The zero-order valence-corrected chi connectivity index (χ0v) is 13.6. The van der Waals surface area contributed by atoms with Gasteiger partial charge in [0.15, 0.2) is 16.5 Å². The minimum absolute atomic E-state index is 0.0378. The molecule has 25 heavy (non-hydrogen) atoms. The van der Waals surface area contributed by atoms with Gasteiger partial charge in [0.05, 0.1) is 11.9 Å². The van der Waals surface area contributed by atoms with Crippen LogP contribution in [0.15, 0.2) is 30.5 Å². The third-order valence-corrected chi connectivity index (χ3v) is 4.13. The lowest BCUT2D eigenvalue weighted by atomic mass is 10.1. The zero-order chi connectivity index (χ0) is 17.8. The van der Waals surface area contributed by atoms with Crippen LogP contribution in [0.4, 0.5) is 13.2 Å².